The van der Waals surface area contributed by atoms with Gasteiger partial charge in [0.05, 0.1) is 5.56 Å². The Labute approximate surface area is 215 Å². The number of ketones is 1. The van der Waals surface area contributed by atoms with Gasteiger partial charge in [0, 0.05) is 29.5 Å². The van der Waals surface area contributed by atoms with Crippen LogP contribution in [0.4, 0.5) is 0 Å². The number of furan rings is 1. The molecule has 1 heterocycles. The Morgan fingerprint density at radius 3 is 2.14 bits per heavy atom. The van der Waals surface area contributed by atoms with Crippen LogP contribution in [0.1, 0.15) is 96.9 Å². The third-order valence-corrected chi connectivity index (χ3v) is 6.53. The third kappa shape index (κ3) is 7.17. The van der Waals surface area contributed by atoms with Gasteiger partial charge in [-0.1, -0.05) is 76.5 Å². The lowest BCUT2D eigenvalue weighted by atomic mass is 9.96. The number of hydrogen-bond donors (Lipinski definition) is 1. The zero-order valence-corrected chi connectivity index (χ0v) is 22.0. The van der Waals surface area contributed by atoms with E-state index in [4.69, 9.17) is 10.2 Å². The van der Waals surface area contributed by atoms with Crippen LogP contribution in [0, 0.1) is 0 Å². The van der Waals surface area contributed by atoms with Gasteiger partial charge < -0.3 is 10.2 Å². The van der Waals surface area contributed by atoms with Crippen LogP contribution < -0.4 is 5.73 Å². The lowest BCUT2D eigenvalue weighted by Crippen LogP contribution is -2.26. The van der Waals surface area contributed by atoms with Crippen molar-refractivity contribution in [1.29, 1.82) is 0 Å². The van der Waals surface area contributed by atoms with E-state index >= 15 is 0 Å². The summed E-state index contributed by atoms with van der Waals surface area (Å²) in [6.07, 6.45) is 11.8. The first-order valence-electron chi connectivity index (χ1n) is 13.4. The molecule has 0 spiro atoms. The van der Waals surface area contributed by atoms with Crippen molar-refractivity contribution in [2.24, 2.45) is 5.73 Å². The van der Waals surface area contributed by atoms with Crippen molar-refractivity contribution in [1.82, 2.24) is 4.90 Å². The summed E-state index contributed by atoms with van der Waals surface area (Å²) in [6.45, 7) is 9.76. The largest absolute Gasteiger partial charge is 0.460 e. The average molecular weight is 489 g/mol. The van der Waals surface area contributed by atoms with Gasteiger partial charge in [-0.2, -0.15) is 0 Å². The van der Waals surface area contributed by atoms with Crippen molar-refractivity contribution < 1.29 is 14.0 Å². The fraction of sp³-hybridized carbons (Fsp3) is 0.419. The Hall–Kier alpha value is -3.18. The predicted octanol–water partition coefficient (Wildman–Crippen LogP) is 7.02. The molecule has 0 saturated heterocycles. The zero-order chi connectivity index (χ0) is 25.9. The number of rotatable bonds is 15. The molecule has 0 aliphatic heterocycles. The standard InChI is InChI=1S/C31H40N2O3/c1-4-7-12-28-29(26-22-25(31(32)35)17-18-27(26)36-28)30(34)24-15-13-23(14-16-24)11-10-21-33(19-8-5-2)20-9-6-3/h10-11,13-18,22H,4-9,12,19-21H2,1-3H3,(H2,32,35)/b11-10-. The van der Waals surface area contributed by atoms with Gasteiger partial charge in [0.25, 0.3) is 0 Å². The average Bonchev–Trinajstić information content (AvgIpc) is 3.26. The molecule has 0 fully saturated rings. The van der Waals surface area contributed by atoms with E-state index in [1.165, 1.54) is 25.7 Å². The van der Waals surface area contributed by atoms with Crippen LogP contribution in [0.5, 0.6) is 0 Å². The fourth-order valence-corrected chi connectivity index (χ4v) is 4.35. The van der Waals surface area contributed by atoms with Crippen LogP contribution in [0.2, 0.25) is 0 Å². The highest BCUT2D eigenvalue weighted by Crippen LogP contribution is 2.30. The first-order valence-corrected chi connectivity index (χ1v) is 13.4. The summed E-state index contributed by atoms with van der Waals surface area (Å²) < 4.78 is 6.04. The summed E-state index contributed by atoms with van der Waals surface area (Å²) in [5.41, 5.74) is 8.66. The number of carbonyl (C=O) groups excluding carboxylic acids is 2. The maximum atomic E-state index is 13.6. The minimum Gasteiger partial charge on any atom is -0.460 e. The quantitative estimate of drug-likeness (QED) is 0.233. The Morgan fingerprint density at radius 1 is 0.889 bits per heavy atom. The fourth-order valence-electron chi connectivity index (χ4n) is 4.35. The lowest BCUT2D eigenvalue weighted by molar-refractivity contribution is 0.0998. The predicted molar refractivity (Wildman–Crippen MR) is 149 cm³/mol. The van der Waals surface area contributed by atoms with Crippen LogP contribution in [0.25, 0.3) is 17.0 Å². The molecule has 1 amide bonds. The van der Waals surface area contributed by atoms with Gasteiger partial charge in [-0.05, 0) is 56.1 Å². The molecule has 0 aliphatic rings. The first-order chi connectivity index (χ1) is 17.5. The molecule has 1 aromatic heterocycles. The molecule has 2 N–H and O–H groups in total. The second-order valence-electron chi connectivity index (χ2n) is 9.44. The molecule has 36 heavy (non-hydrogen) atoms. The molecular weight excluding hydrogens is 448 g/mol. The summed E-state index contributed by atoms with van der Waals surface area (Å²) in [5.74, 6) is 0.0507. The Balaban J connectivity index is 1.80. The van der Waals surface area contributed by atoms with Gasteiger partial charge in [0.2, 0.25) is 5.91 Å². The number of nitrogens with zero attached hydrogens (tertiary/aromatic N) is 1. The molecule has 3 rings (SSSR count). The minimum absolute atomic E-state index is 0.0951. The number of fused-ring (bicyclic) bond motifs is 1. The van der Waals surface area contributed by atoms with Crippen LogP contribution >= 0.6 is 0 Å². The molecular formula is C31H40N2O3. The molecule has 5 nitrogen and oxygen atoms in total. The number of primary amides is 1. The number of carbonyl (C=O) groups is 2. The normalized spacial score (nSPS) is 11.7. The Bertz CT molecular complexity index is 1170. The molecule has 0 saturated carbocycles. The lowest BCUT2D eigenvalue weighted by Gasteiger charge is -2.19. The second-order valence-corrected chi connectivity index (χ2v) is 9.44. The van der Waals surface area contributed by atoms with Crippen molar-refractivity contribution >= 4 is 28.7 Å². The molecule has 2 aromatic carbocycles. The highest BCUT2D eigenvalue weighted by Gasteiger charge is 2.22. The van der Waals surface area contributed by atoms with Gasteiger partial charge in [-0.3, -0.25) is 14.5 Å². The van der Waals surface area contributed by atoms with E-state index in [1.54, 1.807) is 18.2 Å². The van der Waals surface area contributed by atoms with Gasteiger partial charge in [-0.15, -0.1) is 0 Å². The summed E-state index contributed by atoms with van der Waals surface area (Å²) in [4.78, 5) is 27.8. The summed E-state index contributed by atoms with van der Waals surface area (Å²) in [6, 6.07) is 12.7. The van der Waals surface area contributed by atoms with E-state index in [1.807, 2.05) is 24.3 Å². The molecule has 0 bridgehead atoms. The molecule has 5 heteroatoms. The van der Waals surface area contributed by atoms with Crippen molar-refractivity contribution in [3.8, 4) is 0 Å². The van der Waals surface area contributed by atoms with E-state index in [-0.39, 0.29) is 5.78 Å². The summed E-state index contributed by atoms with van der Waals surface area (Å²) in [7, 11) is 0. The Morgan fingerprint density at radius 2 is 1.53 bits per heavy atom. The number of unbranched alkanes of at least 4 members (excludes halogenated alkanes) is 3. The number of benzene rings is 2. The molecule has 3 aromatic rings. The minimum atomic E-state index is -0.522. The van der Waals surface area contributed by atoms with Crippen molar-refractivity contribution in [3.05, 3.63) is 76.6 Å². The number of hydrogen-bond acceptors (Lipinski definition) is 4. The van der Waals surface area contributed by atoms with Gasteiger partial charge in [-0.25, -0.2) is 0 Å². The molecule has 0 aliphatic carbocycles. The smallest absolute Gasteiger partial charge is 0.248 e. The maximum absolute atomic E-state index is 13.6. The van der Waals surface area contributed by atoms with Crippen LogP contribution in [0.3, 0.4) is 0 Å². The molecule has 0 radical (unpaired) electrons. The SMILES string of the molecule is CCCCc1oc2ccc(C(N)=O)cc2c1C(=O)c1ccc(/C=C\CN(CCCC)CCCC)cc1. The van der Waals surface area contributed by atoms with Crippen LogP contribution in [0.15, 0.2) is 53.0 Å². The zero-order valence-electron chi connectivity index (χ0n) is 22.0. The molecule has 0 unspecified atom stereocenters. The maximum Gasteiger partial charge on any atom is 0.248 e. The molecule has 192 valence electrons. The van der Waals surface area contributed by atoms with Crippen LogP contribution in [-0.4, -0.2) is 36.2 Å². The van der Waals surface area contributed by atoms with E-state index in [0.717, 1.165) is 38.0 Å². The van der Waals surface area contributed by atoms with E-state index in [2.05, 4.69) is 37.8 Å². The van der Waals surface area contributed by atoms with Crippen molar-refractivity contribution in [2.75, 3.05) is 19.6 Å². The summed E-state index contributed by atoms with van der Waals surface area (Å²) >= 11 is 0. The second kappa shape index (κ2) is 13.8. The molecule has 0 atom stereocenters. The number of aryl methyl sites for hydroxylation is 1. The van der Waals surface area contributed by atoms with Crippen molar-refractivity contribution in [2.45, 2.75) is 65.7 Å². The topological polar surface area (TPSA) is 76.5 Å². The van der Waals surface area contributed by atoms with Gasteiger partial charge >= 0.3 is 0 Å². The van der Waals surface area contributed by atoms with E-state index in [0.29, 0.717) is 39.8 Å². The first kappa shape index (κ1) is 27.4. The third-order valence-electron chi connectivity index (χ3n) is 6.53. The van der Waals surface area contributed by atoms with Gasteiger partial charge in [0.1, 0.15) is 11.3 Å². The Kier molecular flexibility index (Phi) is 10.5. The highest BCUT2D eigenvalue weighted by atomic mass is 16.3. The van der Waals surface area contributed by atoms with E-state index in [9.17, 15) is 9.59 Å². The van der Waals surface area contributed by atoms with E-state index < -0.39 is 5.91 Å². The van der Waals surface area contributed by atoms with Gasteiger partial charge in [0.15, 0.2) is 5.78 Å². The summed E-state index contributed by atoms with van der Waals surface area (Å²) in [5, 5.41) is 0.644. The monoisotopic (exact) mass is 488 g/mol. The number of amides is 1. The van der Waals surface area contributed by atoms with Crippen molar-refractivity contribution in [3.63, 3.8) is 0 Å². The van der Waals surface area contributed by atoms with Crippen LogP contribution in [-0.2, 0) is 6.42 Å². The highest BCUT2D eigenvalue weighted by molar-refractivity contribution is 6.17. The number of nitrogens with two attached hydrogens (primary N) is 1.